The van der Waals surface area contributed by atoms with Crippen LogP contribution in [0.5, 0.6) is 5.75 Å². The maximum atomic E-state index is 11.4. The summed E-state index contributed by atoms with van der Waals surface area (Å²) in [6.45, 7) is 1.07. The molecule has 2 fully saturated rings. The van der Waals surface area contributed by atoms with Crippen LogP contribution in [0.3, 0.4) is 0 Å². The van der Waals surface area contributed by atoms with E-state index in [-0.39, 0.29) is 23.3 Å². The number of carboxylic acid groups (broad SMARTS) is 1. The summed E-state index contributed by atoms with van der Waals surface area (Å²) >= 11 is 0. The van der Waals surface area contributed by atoms with Crippen molar-refractivity contribution in [2.45, 2.75) is 61.9 Å². The van der Waals surface area contributed by atoms with Gasteiger partial charge >= 0.3 is 6.09 Å². The highest BCUT2D eigenvalue weighted by Crippen LogP contribution is 2.28. The Bertz CT molecular complexity index is 736. The van der Waals surface area contributed by atoms with Crippen molar-refractivity contribution < 1.29 is 27.8 Å². The lowest BCUT2D eigenvalue weighted by Crippen LogP contribution is -2.41. The molecule has 1 amide bonds. The minimum absolute atomic E-state index is 0.0425. The van der Waals surface area contributed by atoms with Crippen LogP contribution in [0.2, 0.25) is 0 Å². The van der Waals surface area contributed by atoms with Gasteiger partial charge in [-0.05, 0) is 50.7 Å². The maximum Gasteiger partial charge on any atom is 0.407 e. The van der Waals surface area contributed by atoms with Crippen LogP contribution in [-0.2, 0) is 14.6 Å². The average Bonchev–Trinajstić information content (AvgIpc) is 2.63. The fraction of sp³-hybridized carbons (Fsp3) is 0.667. The largest absolute Gasteiger partial charge is 0.489 e. The molecule has 0 radical (unpaired) electrons. The number of pyridine rings is 1. The molecule has 2 aliphatic rings. The second-order valence-corrected chi connectivity index (χ2v) is 9.19. The highest BCUT2D eigenvalue weighted by molar-refractivity contribution is 7.90. The normalized spacial score (nSPS) is 24.6. The number of hydrogen-bond acceptors (Lipinski definition) is 6. The Labute approximate surface area is 159 Å². The van der Waals surface area contributed by atoms with Crippen LogP contribution >= 0.6 is 0 Å². The zero-order valence-corrected chi connectivity index (χ0v) is 16.2. The van der Waals surface area contributed by atoms with E-state index in [1.54, 1.807) is 6.07 Å². The minimum Gasteiger partial charge on any atom is -0.489 e. The molecule has 2 heterocycles. The topological polar surface area (TPSA) is 106 Å². The van der Waals surface area contributed by atoms with Crippen molar-refractivity contribution in [3.05, 3.63) is 18.3 Å². The molecule has 150 valence electrons. The Balaban J connectivity index is 1.41. The summed E-state index contributed by atoms with van der Waals surface area (Å²) in [7, 11) is -3.30. The van der Waals surface area contributed by atoms with Gasteiger partial charge in [0.2, 0.25) is 0 Å². The Morgan fingerprint density at radius 2 is 1.67 bits per heavy atom. The van der Waals surface area contributed by atoms with Gasteiger partial charge in [0, 0.05) is 19.3 Å². The summed E-state index contributed by atoms with van der Waals surface area (Å²) in [5.41, 5.74) is 0. The quantitative estimate of drug-likeness (QED) is 0.811. The minimum atomic E-state index is -3.30. The highest BCUT2D eigenvalue weighted by Gasteiger charge is 2.28. The van der Waals surface area contributed by atoms with Gasteiger partial charge in [-0.3, -0.25) is 0 Å². The van der Waals surface area contributed by atoms with Crippen LogP contribution < -0.4 is 4.74 Å². The first kappa shape index (κ1) is 19.9. The predicted octanol–water partition coefficient (Wildman–Crippen LogP) is 2.33. The van der Waals surface area contributed by atoms with Gasteiger partial charge in [0.05, 0.1) is 24.5 Å². The lowest BCUT2D eigenvalue weighted by Gasteiger charge is -2.35. The first-order valence-corrected chi connectivity index (χ1v) is 11.2. The molecule has 3 rings (SSSR count). The van der Waals surface area contributed by atoms with E-state index < -0.39 is 15.9 Å². The van der Waals surface area contributed by atoms with Crippen molar-refractivity contribution in [1.29, 1.82) is 0 Å². The molecule has 1 saturated carbocycles. The van der Waals surface area contributed by atoms with Crippen LogP contribution in [0.4, 0.5) is 4.79 Å². The lowest BCUT2D eigenvalue weighted by atomic mass is 9.94. The Kier molecular flexibility index (Phi) is 6.21. The summed E-state index contributed by atoms with van der Waals surface area (Å²) in [6.07, 6.45) is 7.17. The molecule has 1 saturated heterocycles. The molecule has 0 spiro atoms. The molecule has 1 aromatic rings. The zero-order valence-electron chi connectivity index (χ0n) is 15.4. The van der Waals surface area contributed by atoms with Crippen LogP contribution in [0, 0.1) is 0 Å². The predicted molar refractivity (Wildman–Crippen MR) is 97.7 cm³/mol. The van der Waals surface area contributed by atoms with Gasteiger partial charge in [-0.25, -0.2) is 18.2 Å². The Morgan fingerprint density at radius 1 is 1.07 bits per heavy atom. The van der Waals surface area contributed by atoms with Crippen molar-refractivity contribution in [1.82, 2.24) is 9.88 Å². The lowest BCUT2D eigenvalue weighted by molar-refractivity contribution is -0.0641. The van der Waals surface area contributed by atoms with E-state index in [0.29, 0.717) is 18.8 Å². The van der Waals surface area contributed by atoms with E-state index in [0.717, 1.165) is 44.8 Å². The average molecular weight is 398 g/mol. The SMILES string of the molecule is CS(=O)(=O)c1ccc(OC2CCC(OC3CCN(C(=O)O)CC3)CC2)cn1. The fourth-order valence-corrected chi connectivity index (χ4v) is 4.15. The number of ether oxygens (including phenoxy) is 2. The van der Waals surface area contributed by atoms with Gasteiger partial charge in [0.15, 0.2) is 14.9 Å². The molecule has 0 bridgehead atoms. The molecule has 9 heteroatoms. The van der Waals surface area contributed by atoms with Crippen molar-refractivity contribution in [3.63, 3.8) is 0 Å². The first-order valence-electron chi connectivity index (χ1n) is 9.27. The Morgan fingerprint density at radius 3 is 2.19 bits per heavy atom. The highest BCUT2D eigenvalue weighted by atomic mass is 32.2. The molecule has 1 aliphatic heterocycles. The second kappa shape index (κ2) is 8.43. The monoisotopic (exact) mass is 398 g/mol. The standard InChI is InChI=1S/C18H26N2O6S/c1-27(23,24)17-7-6-16(12-19-17)26-14-4-2-13(3-5-14)25-15-8-10-20(11-9-15)18(21)22/h6-7,12-15H,2-5,8-11H2,1H3,(H,21,22). The molecule has 1 aliphatic carbocycles. The van der Waals surface area contributed by atoms with E-state index >= 15 is 0 Å². The van der Waals surface area contributed by atoms with E-state index in [4.69, 9.17) is 14.6 Å². The number of nitrogens with zero attached hydrogens (tertiary/aromatic N) is 2. The number of aromatic nitrogens is 1. The van der Waals surface area contributed by atoms with Crippen LogP contribution in [0.15, 0.2) is 23.4 Å². The molecule has 0 aromatic carbocycles. The third kappa shape index (κ3) is 5.55. The van der Waals surface area contributed by atoms with Crippen LogP contribution in [0.25, 0.3) is 0 Å². The molecular formula is C18H26N2O6S. The molecular weight excluding hydrogens is 372 g/mol. The van der Waals surface area contributed by atoms with Crippen molar-refractivity contribution in [2.75, 3.05) is 19.3 Å². The summed E-state index contributed by atoms with van der Waals surface area (Å²) in [5, 5.41) is 9.03. The number of hydrogen-bond donors (Lipinski definition) is 1. The number of carbonyl (C=O) groups is 1. The summed E-state index contributed by atoms with van der Waals surface area (Å²) < 4.78 is 34.9. The molecule has 1 N–H and O–H groups in total. The van der Waals surface area contributed by atoms with Gasteiger partial charge in [-0.2, -0.15) is 0 Å². The van der Waals surface area contributed by atoms with Gasteiger partial charge in [0.25, 0.3) is 0 Å². The van der Waals surface area contributed by atoms with Gasteiger partial charge < -0.3 is 19.5 Å². The second-order valence-electron chi connectivity index (χ2n) is 7.23. The van der Waals surface area contributed by atoms with E-state index in [2.05, 4.69) is 4.98 Å². The molecule has 27 heavy (non-hydrogen) atoms. The smallest absolute Gasteiger partial charge is 0.407 e. The van der Waals surface area contributed by atoms with E-state index in [1.165, 1.54) is 17.2 Å². The van der Waals surface area contributed by atoms with E-state index in [9.17, 15) is 13.2 Å². The number of piperidine rings is 1. The van der Waals surface area contributed by atoms with Crippen molar-refractivity contribution >= 4 is 15.9 Å². The van der Waals surface area contributed by atoms with Gasteiger partial charge in [-0.1, -0.05) is 0 Å². The number of amides is 1. The van der Waals surface area contributed by atoms with Gasteiger partial charge in [-0.15, -0.1) is 0 Å². The third-order valence-electron chi connectivity index (χ3n) is 5.11. The van der Waals surface area contributed by atoms with Crippen LogP contribution in [-0.4, -0.2) is 67.2 Å². The van der Waals surface area contributed by atoms with Crippen molar-refractivity contribution in [3.8, 4) is 5.75 Å². The third-order valence-corrected chi connectivity index (χ3v) is 6.11. The first-order chi connectivity index (χ1) is 12.8. The summed E-state index contributed by atoms with van der Waals surface area (Å²) in [6, 6.07) is 3.10. The molecule has 8 nitrogen and oxygen atoms in total. The molecule has 0 unspecified atom stereocenters. The zero-order chi connectivity index (χ0) is 19.4. The number of likely N-dealkylation sites (tertiary alicyclic amines) is 1. The summed E-state index contributed by atoms with van der Waals surface area (Å²) in [5.74, 6) is 0.577. The maximum absolute atomic E-state index is 11.4. The number of rotatable bonds is 5. The summed E-state index contributed by atoms with van der Waals surface area (Å²) in [4.78, 5) is 16.3. The fourth-order valence-electron chi connectivity index (χ4n) is 3.59. The van der Waals surface area contributed by atoms with Crippen molar-refractivity contribution in [2.24, 2.45) is 0 Å². The molecule has 1 aromatic heterocycles. The van der Waals surface area contributed by atoms with Gasteiger partial charge in [0.1, 0.15) is 5.75 Å². The molecule has 0 atom stereocenters. The van der Waals surface area contributed by atoms with Crippen LogP contribution in [0.1, 0.15) is 38.5 Å². The van der Waals surface area contributed by atoms with E-state index in [1.807, 2.05) is 0 Å². The number of sulfone groups is 1. The Hall–Kier alpha value is -1.87.